The molecule has 9 heteroatoms. The molecule has 0 aliphatic heterocycles. The van der Waals surface area contributed by atoms with Crippen LogP contribution in [0.1, 0.15) is 13.3 Å². The van der Waals surface area contributed by atoms with E-state index in [0.29, 0.717) is 0 Å². The van der Waals surface area contributed by atoms with Gasteiger partial charge in [-0.15, -0.1) is 0 Å². The lowest BCUT2D eigenvalue weighted by Crippen LogP contribution is -2.72. The molecule has 92 valence electrons. The lowest BCUT2D eigenvalue weighted by Gasteiger charge is -2.47. The molecule has 0 spiro atoms. The van der Waals surface area contributed by atoms with E-state index in [9.17, 15) is 0 Å². The quantitative estimate of drug-likeness (QED) is 0.214. The molecular formula is C6H14O9. The van der Waals surface area contributed by atoms with E-state index in [1.165, 1.54) is 0 Å². The fraction of sp³-hybridized carbons (Fsp3) is 1.00. The van der Waals surface area contributed by atoms with Crippen LogP contribution in [-0.2, 0) is 0 Å². The first kappa shape index (κ1) is 14.6. The molecule has 0 rings (SSSR count). The third-order valence-corrected chi connectivity index (χ3v) is 2.25. The Kier molecular flexibility index (Phi) is 3.50. The molecule has 0 aliphatic rings. The van der Waals surface area contributed by atoms with Gasteiger partial charge in [0.15, 0.2) is 0 Å². The Bertz CT molecular complexity index is 180. The number of aliphatic hydroxyl groups is 9. The molecule has 0 amide bonds. The molecule has 0 bridgehead atoms. The molecule has 0 atom stereocenters. The van der Waals surface area contributed by atoms with Crippen LogP contribution in [0.25, 0.3) is 0 Å². The van der Waals surface area contributed by atoms with E-state index in [4.69, 9.17) is 46.0 Å². The highest BCUT2D eigenvalue weighted by Gasteiger charge is 2.72. The van der Waals surface area contributed by atoms with Crippen molar-refractivity contribution in [1.29, 1.82) is 0 Å². The van der Waals surface area contributed by atoms with Crippen LogP contribution in [0.15, 0.2) is 0 Å². The Morgan fingerprint density at radius 2 is 0.800 bits per heavy atom. The molecule has 9 N–H and O–H groups in total. The first-order valence-corrected chi connectivity index (χ1v) is 3.82. The summed E-state index contributed by atoms with van der Waals surface area (Å²) in [5, 5.41) is 78.8. The van der Waals surface area contributed by atoms with Gasteiger partial charge in [-0.1, -0.05) is 6.92 Å². The standard InChI is InChI=1S/C6H14O9/c1-2-3(4(7,8)9,5(10,11)12)6(13,14)15/h7-15H,2H2,1H3. The Hall–Kier alpha value is -0.360. The average Bonchev–Trinajstić information content (AvgIpc) is 1.76. The molecule has 0 aromatic carbocycles. The number of rotatable bonds is 4. The van der Waals surface area contributed by atoms with Crippen molar-refractivity contribution in [3.8, 4) is 0 Å². The Labute approximate surface area is 83.7 Å². The van der Waals surface area contributed by atoms with Crippen LogP contribution in [-0.4, -0.2) is 63.9 Å². The normalized spacial score (nSPS) is 15.6. The first-order chi connectivity index (χ1) is 6.31. The van der Waals surface area contributed by atoms with E-state index < -0.39 is 29.8 Å². The van der Waals surface area contributed by atoms with Crippen molar-refractivity contribution in [3.05, 3.63) is 0 Å². The molecular weight excluding hydrogens is 216 g/mol. The van der Waals surface area contributed by atoms with E-state index in [2.05, 4.69) is 0 Å². The summed E-state index contributed by atoms with van der Waals surface area (Å²) in [5.41, 5.74) is -3.65. The van der Waals surface area contributed by atoms with Crippen LogP contribution in [0.3, 0.4) is 0 Å². The third kappa shape index (κ3) is 2.10. The zero-order valence-corrected chi connectivity index (χ0v) is 7.73. The summed E-state index contributed by atoms with van der Waals surface area (Å²) >= 11 is 0. The topological polar surface area (TPSA) is 182 Å². The monoisotopic (exact) mass is 230 g/mol. The summed E-state index contributed by atoms with van der Waals surface area (Å²) in [5.74, 6) is -12.5. The molecule has 0 fully saturated rings. The van der Waals surface area contributed by atoms with Gasteiger partial charge in [-0.05, 0) is 6.42 Å². The second-order valence-electron chi connectivity index (χ2n) is 3.17. The Balaban J connectivity index is 5.78. The summed E-state index contributed by atoms with van der Waals surface area (Å²) in [6.07, 6.45) is -1.01. The van der Waals surface area contributed by atoms with Crippen LogP contribution in [0.2, 0.25) is 0 Å². The number of hydrogen-bond acceptors (Lipinski definition) is 9. The zero-order valence-electron chi connectivity index (χ0n) is 7.73. The average molecular weight is 230 g/mol. The zero-order chi connectivity index (χ0) is 12.7. The van der Waals surface area contributed by atoms with Gasteiger partial charge in [-0.3, -0.25) is 0 Å². The first-order valence-electron chi connectivity index (χ1n) is 3.82. The molecule has 0 saturated heterocycles. The second kappa shape index (κ2) is 3.59. The van der Waals surface area contributed by atoms with Gasteiger partial charge in [0.1, 0.15) is 0 Å². The summed E-state index contributed by atoms with van der Waals surface area (Å²) in [6.45, 7) is 0.909. The van der Waals surface area contributed by atoms with E-state index in [-0.39, 0.29) is 0 Å². The van der Waals surface area contributed by atoms with E-state index >= 15 is 0 Å². The summed E-state index contributed by atoms with van der Waals surface area (Å²) in [4.78, 5) is 0. The minimum Gasteiger partial charge on any atom is -0.343 e. The molecule has 9 nitrogen and oxygen atoms in total. The van der Waals surface area contributed by atoms with Crippen molar-refractivity contribution in [2.75, 3.05) is 0 Å². The highest BCUT2D eigenvalue weighted by molar-refractivity contribution is 4.95. The number of hydrogen-bond donors (Lipinski definition) is 9. The van der Waals surface area contributed by atoms with Crippen molar-refractivity contribution in [3.63, 3.8) is 0 Å². The molecule has 0 radical (unpaired) electrons. The Morgan fingerprint density at radius 1 is 0.600 bits per heavy atom. The van der Waals surface area contributed by atoms with Gasteiger partial charge in [0.2, 0.25) is 5.41 Å². The minimum absolute atomic E-state index is 0.909. The van der Waals surface area contributed by atoms with Gasteiger partial charge in [0, 0.05) is 0 Å². The molecule has 0 aromatic rings. The van der Waals surface area contributed by atoms with Crippen molar-refractivity contribution in [1.82, 2.24) is 0 Å². The van der Waals surface area contributed by atoms with Crippen LogP contribution < -0.4 is 0 Å². The SMILES string of the molecule is CCC(C(O)(O)O)(C(O)(O)O)C(O)(O)O. The van der Waals surface area contributed by atoms with Crippen LogP contribution in [0.4, 0.5) is 0 Å². The predicted molar refractivity (Wildman–Crippen MR) is 40.9 cm³/mol. The minimum atomic E-state index is -4.17. The molecule has 0 saturated carbocycles. The lowest BCUT2D eigenvalue weighted by atomic mass is 9.76. The van der Waals surface area contributed by atoms with Crippen LogP contribution in [0.5, 0.6) is 0 Å². The van der Waals surface area contributed by atoms with E-state index in [1.807, 2.05) is 0 Å². The predicted octanol–water partition coefficient (Wildman–Crippen LogP) is -4.73. The summed E-state index contributed by atoms with van der Waals surface area (Å²) in [6, 6.07) is 0. The van der Waals surface area contributed by atoms with Gasteiger partial charge >= 0.3 is 0 Å². The molecule has 0 aromatic heterocycles. The third-order valence-electron chi connectivity index (χ3n) is 2.25. The molecule has 15 heavy (non-hydrogen) atoms. The van der Waals surface area contributed by atoms with Crippen molar-refractivity contribution < 1.29 is 46.0 Å². The van der Waals surface area contributed by atoms with Gasteiger partial charge in [-0.2, -0.15) is 0 Å². The van der Waals surface area contributed by atoms with Gasteiger partial charge < -0.3 is 46.0 Å². The summed E-state index contributed by atoms with van der Waals surface area (Å²) < 4.78 is 0. The molecule has 0 aliphatic carbocycles. The highest BCUT2D eigenvalue weighted by Crippen LogP contribution is 2.46. The molecule has 0 unspecified atom stereocenters. The maximum Gasteiger partial charge on any atom is 0.297 e. The maximum atomic E-state index is 8.75. The van der Waals surface area contributed by atoms with Gasteiger partial charge in [0.05, 0.1) is 0 Å². The fourth-order valence-corrected chi connectivity index (χ4v) is 1.39. The second-order valence-corrected chi connectivity index (χ2v) is 3.17. The van der Waals surface area contributed by atoms with Crippen LogP contribution >= 0.6 is 0 Å². The van der Waals surface area contributed by atoms with E-state index in [0.717, 1.165) is 6.92 Å². The highest BCUT2D eigenvalue weighted by atomic mass is 16.7. The summed E-state index contributed by atoms with van der Waals surface area (Å²) in [7, 11) is 0. The van der Waals surface area contributed by atoms with Gasteiger partial charge in [0.25, 0.3) is 17.9 Å². The smallest absolute Gasteiger partial charge is 0.297 e. The van der Waals surface area contributed by atoms with Crippen molar-refractivity contribution in [2.45, 2.75) is 31.3 Å². The fourth-order valence-electron chi connectivity index (χ4n) is 1.39. The van der Waals surface area contributed by atoms with Gasteiger partial charge in [-0.25, -0.2) is 0 Å². The van der Waals surface area contributed by atoms with E-state index in [1.54, 1.807) is 0 Å². The lowest BCUT2D eigenvalue weighted by molar-refractivity contribution is -0.563. The van der Waals surface area contributed by atoms with Crippen molar-refractivity contribution >= 4 is 0 Å². The van der Waals surface area contributed by atoms with Crippen molar-refractivity contribution in [2.24, 2.45) is 5.41 Å². The maximum absolute atomic E-state index is 8.75. The van der Waals surface area contributed by atoms with Crippen LogP contribution in [0, 0.1) is 5.41 Å². The molecule has 0 heterocycles. The largest absolute Gasteiger partial charge is 0.343 e. The Morgan fingerprint density at radius 3 is 0.800 bits per heavy atom.